The Hall–Kier alpha value is -6.12. The van der Waals surface area contributed by atoms with E-state index in [1.807, 2.05) is 18.2 Å². The SMILES string of the molecule is c1ccc(-c2ccc3nc(-c4ccccc4)cc(-c4ccc(-c5cc(-c6ccccc6)nc(-c6ccccc6)c5)cc4)c3c2)cc1. The van der Waals surface area contributed by atoms with Crippen molar-refractivity contribution in [3.8, 4) is 67.2 Å². The first-order chi connectivity index (χ1) is 22.8. The predicted molar refractivity (Wildman–Crippen MR) is 192 cm³/mol. The predicted octanol–water partition coefficient (Wildman–Crippen LogP) is 11.6. The second-order valence-electron chi connectivity index (χ2n) is 11.5. The minimum atomic E-state index is 0.960. The van der Waals surface area contributed by atoms with Crippen LogP contribution in [0.2, 0.25) is 0 Å². The molecule has 2 heterocycles. The first-order valence-corrected chi connectivity index (χ1v) is 15.6. The number of nitrogens with zero attached hydrogens (tertiary/aromatic N) is 2. The fourth-order valence-corrected chi connectivity index (χ4v) is 6.08. The molecule has 2 heteroatoms. The van der Waals surface area contributed by atoms with Crippen LogP contribution in [0.5, 0.6) is 0 Å². The molecule has 0 aliphatic rings. The topological polar surface area (TPSA) is 25.8 Å². The van der Waals surface area contributed by atoms with Crippen molar-refractivity contribution in [3.63, 3.8) is 0 Å². The molecule has 0 aliphatic carbocycles. The summed E-state index contributed by atoms with van der Waals surface area (Å²) >= 11 is 0. The number of rotatable bonds is 6. The average molecular weight is 587 g/mol. The number of fused-ring (bicyclic) bond motifs is 1. The molecule has 0 bridgehead atoms. The Morgan fingerprint density at radius 3 is 1.20 bits per heavy atom. The summed E-state index contributed by atoms with van der Waals surface area (Å²) < 4.78 is 0. The lowest BCUT2D eigenvalue weighted by atomic mass is 9.94. The standard InChI is InChI=1S/C44H30N2/c1-5-13-31(14-6-1)37-25-26-41-40(27-37)39(30-44(45-41)36-19-11-4-12-20-36)33-23-21-32(22-24-33)38-28-42(34-15-7-2-8-16-34)46-43(29-38)35-17-9-3-10-18-35/h1-30H. The number of aromatic nitrogens is 2. The summed E-state index contributed by atoms with van der Waals surface area (Å²) in [4.78, 5) is 10.2. The molecule has 0 radical (unpaired) electrons. The lowest BCUT2D eigenvalue weighted by Gasteiger charge is -2.14. The van der Waals surface area contributed by atoms with Crippen LogP contribution in [0.15, 0.2) is 182 Å². The fourth-order valence-electron chi connectivity index (χ4n) is 6.08. The van der Waals surface area contributed by atoms with Crippen LogP contribution in [0, 0.1) is 0 Å². The van der Waals surface area contributed by atoms with Crippen LogP contribution in [-0.2, 0) is 0 Å². The van der Waals surface area contributed by atoms with Gasteiger partial charge in [0.25, 0.3) is 0 Å². The van der Waals surface area contributed by atoms with Crippen molar-refractivity contribution in [2.75, 3.05) is 0 Å². The summed E-state index contributed by atoms with van der Waals surface area (Å²) in [5, 5.41) is 1.13. The lowest BCUT2D eigenvalue weighted by Crippen LogP contribution is -1.92. The molecule has 8 aromatic rings. The summed E-state index contributed by atoms with van der Waals surface area (Å²) in [6, 6.07) is 63.9. The Kier molecular flexibility index (Phi) is 7.22. The maximum Gasteiger partial charge on any atom is 0.0716 e. The highest BCUT2D eigenvalue weighted by molar-refractivity contribution is 5.99. The van der Waals surface area contributed by atoms with Crippen LogP contribution >= 0.6 is 0 Å². The van der Waals surface area contributed by atoms with Crippen molar-refractivity contribution in [1.82, 2.24) is 9.97 Å². The van der Waals surface area contributed by atoms with Crippen molar-refractivity contribution in [2.45, 2.75) is 0 Å². The molecule has 0 saturated carbocycles. The summed E-state index contributed by atoms with van der Waals surface area (Å²) in [5.41, 5.74) is 14.1. The summed E-state index contributed by atoms with van der Waals surface area (Å²) in [5.74, 6) is 0. The zero-order valence-electron chi connectivity index (χ0n) is 25.2. The van der Waals surface area contributed by atoms with Crippen LogP contribution in [0.1, 0.15) is 0 Å². The largest absolute Gasteiger partial charge is 0.248 e. The van der Waals surface area contributed by atoms with E-state index in [1.165, 1.54) is 11.1 Å². The van der Waals surface area contributed by atoms with E-state index in [9.17, 15) is 0 Å². The molecule has 0 aliphatic heterocycles. The van der Waals surface area contributed by atoms with E-state index in [-0.39, 0.29) is 0 Å². The summed E-state index contributed by atoms with van der Waals surface area (Å²) in [6.45, 7) is 0. The maximum atomic E-state index is 5.10. The minimum absolute atomic E-state index is 0.960. The second-order valence-corrected chi connectivity index (χ2v) is 11.5. The Bertz CT molecular complexity index is 2200. The smallest absolute Gasteiger partial charge is 0.0716 e. The van der Waals surface area contributed by atoms with E-state index >= 15 is 0 Å². The highest BCUT2D eigenvalue weighted by Gasteiger charge is 2.13. The number of benzene rings is 6. The second kappa shape index (κ2) is 12.1. The van der Waals surface area contributed by atoms with Gasteiger partial charge >= 0.3 is 0 Å². The Morgan fingerprint density at radius 1 is 0.261 bits per heavy atom. The molecule has 2 aromatic heterocycles. The zero-order valence-corrected chi connectivity index (χ0v) is 25.2. The van der Waals surface area contributed by atoms with Gasteiger partial charge in [-0.25, -0.2) is 9.97 Å². The monoisotopic (exact) mass is 586 g/mol. The van der Waals surface area contributed by atoms with Crippen LogP contribution in [0.25, 0.3) is 78.1 Å². The Balaban J connectivity index is 1.26. The van der Waals surface area contributed by atoms with Gasteiger partial charge in [0.1, 0.15) is 0 Å². The highest BCUT2D eigenvalue weighted by atomic mass is 14.7. The van der Waals surface area contributed by atoms with Gasteiger partial charge in [-0.1, -0.05) is 152 Å². The zero-order chi connectivity index (χ0) is 30.7. The third-order valence-electron chi connectivity index (χ3n) is 8.48. The molecule has 46 heavy (non-hydrogen) atoms. The Labute approximate surface area is 269 Å². The van der Waals surface area contributed by atoms with E-state index in [0.29, 0.717) is 0 Å². The molecule has 0 saturated heterocycles. The van der Waals surface area contributed by atoms with Gasteiger partial charge in [-0.3, -0.25) is 0 Å². The normalized spacial score (nSPS) is 11.0. The van der Waals surface area contributed by atoms with Gasteiger partial charge in [0.2, 0.25) is 0 Å². The first-order valence-electron chi connectivity index (χ1n) is 15.6. The van der Waals surface area contributed by atoms with Gasteiger partial charge in [-0.15, -0.1) is 0 Å². The quantitative estimate of drug-likeness (QED) is 0.194. The molecular formula is C44H30N2. The van der Waals surface area contributed by atoms with Gasteiger partial charge < -0.3 is 0 Å². The third kappa shape index (κ3) is 5.49. The van der Waals surface area contributed by atoms with Crippen molar-refractivity contribution >= 4 is 10.9 Å². The van der Waals surface area contributed by atoms with Gasteiger partial charge in [-0.2, -0.15) is 0 Å². The van der Waals surface area contributed by atoms with Crippen molar-refractivity contribution < 1.29 is 0 Å². The van der Waals surface area contributed by atoms with Gasteiger partial charge in [0.15, 0.2) is 0 Å². The first kappa shape index (κ1) is 27.4. The van der Waals surface area contributed by atoms with Crippen molar-refractivity contribution in [1.29, 1.82) is 0 Å². The molecule has 0 fully saturated rings. The fraction of sp³-hybridized carbons (Fsp3) is 0. The highest BCUT2D eigenvalue weighted by Crippen LogP contribution is 2.36. The van der Waals surface area contributed by atoms with E-state index < -0.39 is 0 Å². The van der Waals surface area contributed by atoms with Crippen LogP contribution in [0.4, 0.5) is 0 Å². The third-order valence-corrected chi connectivity index (χ3v) is 8.48. The molecule has 0 unspecified atom stereocenters. The average Bonchev–Trinajstić information content (AvgIpc) is 3.15. The molecule has 2 nitrogen and oxygen atoms in total. The van der Waals surface area contributed by atoms with Crippen LogP contribution in [-0.4, -0.2) is 9.97 Å². The molecule has 0 atom stereocenters. The number of hydrogen-bond acceptors (Lipinski definition) is 2. The molecule has 0 N–H and O–H groups in total. The molecule has 0 amide bonds. The van der Waals surface area contributed by atoms with Crippen molar-refractivity contribution in [3.05, 3.63) is 182 Å². The van der Waals surface area contributed by atoms with Crippen molar-refractivity contribution in [2.24, 2.45) is 0 Å². The lowest BCUT2D eigenvalue weighted by molar-refractivity contribution is 1.32. The van der Waals surface area contributed by atoms with Crippen LogP contribution < -0.4 is 0 Å². The van der Waals surface area contributed by atoms with Crippen LogP contribution in [0.3, 0.4) is 0 Å². The van der Waals surface area contributed by atoms with Gasteiger partial charge in [0, 0.05) is 22.1 Å². The number of pyridine rings is 2. The molecule has 8 rings (SSSR count). The molecule has 0 spiro atoms. The van der Waals surface area contributed by atoms with E-state index in [1.54, 1.807) is 0 Å². The summed E-state index contributed by atoms with van der Waals surface area (Å²) in [6.07, 6.45) is 0. The van der Waals surface area contributed by atoms with E-state index in [0.717, 1.165) is 66.9 Å². The maximum absolute atomic E-state index is 5.10. The van der Waals surface area contributed by atoms with Gasteiger partial charge in [-0.05, 0) is 63.7 Å². The van der Waals surface area contributed by atoms with Gasteiger partial charge in [0.05, 0.1) is 22.6 Å². The summed E-state index contributed by atoms with van der Waals surface area (Å²) in [7, 11) is 0. The number of hydrogen-bond donors (Lipinski definition) is 0. The van der Waals surface area contributed by atoms with E-state index in [2.05, 4.69) is 164 Å². The molecular weight excluding hydrogens is 556 g/mol. The van der Waals surface area contributed by atoms with E-state index in [4.69, 9.17) is 9.97 Å². The molecule has 6 aromatic carbocycles. The Morgan fingerprint density at radius 2 is 0.674 bits per heavy atom. The minimum Gasteiger partial charge on any atom is -0.248 e. The molecule has 216 valence electrons.